The topological polar surface area (TPSA) is 102 Å². The molecule has 0 radical (unpaired) electrons. The highest BCUT2D eigenvalue weighted by Crippen LogP contribution is 2.60. The molecule has 2 unspecified atom stereocenters. The van der Waals surface area contributed by atoms with Crippen molar-refractivity contribution in [1.29, 1.82) is 5.26 Å². The van der Waals surface area contributed by atoms with Gasteiger partial charge in [-0.15, -0.1) is 13.2 Å². The smallest absolute Gasteiger partial charge is 0.405 e. The highest BCUT2D eigenvalue weighted by Gasteiger charge is 2.55. The Bertz CT molecular complexity index is 1380. The predicted molar refractivity (Wildman–Crippen MR) is 171 cm³/mol. The van der Waals surface area contributed by atoms with E-state index in [1.807, 2.05) is 13.8 Å². The molecule has 0 spiro atoms. The van der Waals surface area contributed by atoms with Crippen molar-refractivity contribution in [2.75, 3.05) is 13.1 Å². The van der Waals surface area contributed by atoms with E-state index in [-0.39, 0.29) is 17.7 Å². The molecule has 1 aromatic carbocycles. The molecule has 250 valence electrons. The van der Waals surface area contributed by atoms with E-state index in [0.29, 0.717) is 53.6 Å². The van der Waals surface area contributed by atoms with E-state index >= 15 is 0 Å². The van der Waals surface area contributed by atoms with Gasteiger partial charge in [-0.25, -0.2) is 4.99 Å². The van der Waals surface area contributed by atoms with E-state index in [1.54, 1.807) is 18.3 Å². The first-order valence-corrected chi connectivity index (χ1v) is 17.1. The number of allylic oxidation sites excluding steroid dienone is 2. The molecular weight excluding hydrogens is 591 g/mol. The van der Waals surface area contributed by atoms with Crippen LogP contribution in [0.1, 0.15) is 90.0 Å². The maximum atomic E-state index is 12.9. The number of aliphatic hydroxyl groups is 1. The van der Waals surface area contributed by atoms with Gasteiger partial charge in [-0.05, 0) is 118 Å². The first-order chi connectivity index (χ1) is 21.9. The number of aliphatic imine (C=N–C) groups is 1. The fourth-order valence-electron chi connectivity index (χ4n) is 9.30. The van der Waals surface area contributed by atoms with Crippen LogP contribution in [0.3, 0.4) is 0 Å². The van der Waals surface area contributed by atoms with Crippen molar-refractivity contribution in [3.05, 3.63) is 52.5 Å². The van der Waals surface area contributed by atoms with Crippen LogP contribution in [0, 0.1) is 40.4 Å². The Morgan fingerprint density at radius 3 is 2.48 bits per heavy atom. The Balaban J connectivity index is 1.08. The van der Waals surface area contributed by atoms with Crippen molar-refractivity contribution >= 4 is 6.21 Å². The lowest BCUT2D eigenvalue weighted by atomic mass is 9.48. The van der Waals surface area contributed by atoms with Crippen LogP contribution in [0.4, 0.5) is 13.2 Å². The summed E-state index contributed by atoms with van der Waals surface area (Å²) in [6, 6.07) is 9.00. The molecule has 4 N–H and O–H groups in total. The second kappa shape index (κ2) is 13.2. The second-order valence-corrected chi connectivity index (χ2v) is 15.0. The summed E-state index contributed by atoms with van der Waals surface area (Å²) in [5.41, 5.74) is 2.48. The number of halogens is 3. The Morgan fingerprint density at radius 1 is 1.09 bits per heavy atom. The van der Waals surface area contributed by atoms with Crippen molar-refractivity contribution in [2.24, 2.45) is 34.1 Å². The molecule has 1 heterocycles. The normalized spacial score (nSPS) is 34.0. The molecular formula is C36H48F3N5O2. The molecule has 46 heavy (non-hydrogen) atoms. The molecule has 0 amide bonds. The lowest BCUT2D eigenvalue weighted by Gasteiger charge is -2.60. The Kier molecular flexibility index (Phi) is 9.46. The fourth-order valence-corrected chi connectivity index (χ4v) is 9.30. The van der Waals surface area contributed by atoms with Crippen LogP contribution >= 0.6 is 0 Å². The van der Waals surface area contributed by atoms with Gasteiger partial charge in [0, 0.05) is 43.0 Å². The molecule has 5 aliphatic carbocycles. The SMILES string of the molecule is CCC1=C(NCc2ccccc2OC(F)(F)F)N=CC(C#N)=C(NCC23CC4CC(C2)C(NCC2CCC(C)(O)CC2)C(C4)C3)C1. The third-order valence-corrected chi connectivity index (χ3v) is 11.5. The summed E-state index contributed by atoms with van der Waals surface area (Å²) < 4.78 is 43.0. The number of nitriles is 1. The van der Waals surface area contributed by atoms with Gasteiger partial charge in [-0.2, -0.15) is 5.26 Å². The molecule has 0 aromatic heterocycles. The number of hydrogen-bond donors (Lipinski definition) is 4. The van der Waals surface area contributed by atoms with Gasteiger partial charge >= 0.3 is 6.36 Å². The van der Waals surface area contributed by atoms with Crippen molar-refractivity contribution in [3.8, 4) is 11.8 Å². The van der Waals surface area contributed by atoms with Crippen LogP contribution in [0.2, 0.25) is 0 Å². The molecule has 5 saturated carbocycles. The van der Waals surface area contributed by atoms with Crippen molar-refractivity contribution in [1.82, 2.24) is 16.0 Å². The van der Waals surface area contributed by atoms with E-state index in [1.165, 1.54) is 44.2 Å². The van der Waals surface area contributed by atoms with Crippen LogP contribution in [0.15, 0.2) is 51.9 Å². The van der Waals surface area contributed by atoms with Gasteiger partial charge in [-0.1, -0.05) is 25.1 Å². The first kappa shape index (κ1) is 32.9. The molecule has 7 nitrogen and oxygen atoms in total. The average Bonchev–Trinajstić information content (AvgIpc) is 3.17. The number of hydrogen-bond acceptors (Lipinski definition) is 7. The molecule has 1 aliphatic heterocycles. The third kappa shape index (κ3) is 7.57. The van der Waals surface area contributed by atoms with Gasteiger partial charge in [0.05, 0.1) is 11.2 Å². The van der Waals surface area contributed by atoms with Crippen LogP contribution in [0.5, 0.6) is 5.75 Å². The Morgan fingerprint density at radius 2 is 1.80 bits per heavy atom. The lowest BCUT2D eigenvalue weighted by molar-refractivity contribution is -0.274. The highest BCUT2D eigenvalue weighted by atomic mass is 19.4. The minimum absolute atomic E-state index is 0.108. The lowest BCUT2D eigenvalue weighted by Crippen LogP contribution is -2.60. The van der Waals surface area contributed by atoms with Crippen molar-refractivity contribution in [3.63, 3.8) is 0 Å². The van der Waals surface area contributed by atoms with Crippen LogP contribution in [0.25, 0.3) is 0 Å². The van der Waals surface area contributed by atoms with Crippen molar-refractivity contribution in [2.45, 2.75) is 109 Å². The summed E-state index contributed by atoms with van der Waals surface area (Å²) in [4.78, 5) is 4.59. The van der Waals surface area contributed by atoms with E-state index in [0.717, 1.165) is 56.0 Å². The number of alkyl halides is 3. The summed E-state index contributed by atoms with van der Waals surface area (Å²) in [6.07, 6.45) is 8.29. The Labute approximate surface area is 270 Å². The van der Waals surface area contributed by atoms with Gasteiger partial charge in [0.1, 0.15) is 17.6 Å². The number of nitrogens with zero attached hydrogens (tertiary/aromatic N) is 2. The summed E-state index contributed by atoms with van der Waals surface area (Å²) >= 11 is 0. The van der Waals surface area contributed by atoms with E-state index in [2.05, 4.69) is 31.7 Å². The number of para-hydroxylation sites is 1. The Hall–Kier alpha value is -3.03. The predicted octanol–water partition coefficient (Wildman–Crippen LogP) is 6.86. The molecule has 4 bridgehead atoms. The number of nitrogens with one attached hydrogen (secondary N) is 3. The molecule has 0 saturated heterocycles. The number of rotatable bonds is 11. The zero-order chi connectivity index (χ0) is 32.5. The summed E-state index contributed by atoms with van der Waals surface area (Å²) in [5.74, 6) is 3.14. The number of benzene rings is 1. The molecule has 1 aromatic rings. The monoisotopic (exact) mass is 639 g/mol. The number of ether oxygens (including phenoxy) is 1. The first-order valence-electron chi connectivity index (χ1n) is 17.1. The molecule has 2 atom stereocenters. The van der Waals surface area contributed by atoms with E-state index in [4.69, 9.17) is 0 Å². The van der Waals surface area contributed by atoms with Gasteiger partial charge in [0.25, 0.3) is 0 Å². The third-order valence-electron chi connectivity index (χ3n) is 11.5. The van der Waals surface area contributed by atoms with Gasteiger partial charge in [-0.3, -0.25) is 0 Å². The van der Waals surface area contributed by atoms with Gasteiger partial charge < -0.3 is 25.8 Å². The summed E-state index contributed by atoms with van der Waals surface area (Å²) in [7, 11) is 0. The maximum Gasteiger partial charge on any atom is 0.573 e. The minimum Gasteiger partial charge on any atom is -0.405 e. The molecule has 5 fully saturated rings. The van der Waals surface area contributed by atoms with Crippen LogP contribution in [-0.4, -0.2) is 42.4 Å². The largest absolute Gasteiger partial charge is 0.573 e. The summed E-state index contributed by atoms with van der Waals surface area (Å²) in [6.45, 7) is 6.01. The standard InChI is InChI=1S/C36H48F3N5O2/c1-3-25-14-30(29(18-40)21-43-33(25)42-20-26-6-4-5-7-31(26)46-36(37,38)39)44-22-35-15-24-12-27(16-35)32(28(13-24)17-35)41-19-23-8-10-34(2,45)11-9-23/h4-7,21,23-24,27-28,32,41-42,44-45H,3,8-17,19-20,22H2,1-2H3. The van der Waals surface area contributed by atoms with Gasteiger partial charge in [0.2, 0.25) is 0 Å². The second-order valence-electron chi connectivity index (χ2n) is 15.0. The zero-order valence-corrected chi connectivity index (χ0v) is 27.1. The van der Waals surface area contributed by atoms with Gasteiger partial charge in [0.15, 0.2) is 0 Å². The molecule has 10 heteroatoms. The molecule has 6 aliphatic rings. The fraction of sp³-hybridized carbons (Fsp3) is 0.667. The van der Waals surface area contributed by atoms with E-state index in [9.17, 15) is 23.5 Å². The highest BCUT2D eigenvalue weighted by molar-refractivity contribution is 5.86. The average molecular weight is 640 g/mol. The van der Waals surface area contributed by atoms with Crippen LogP contribution < -0.4 is 20.7 Å². The quantitative estimate of drug-likeness (QED) is 0.211. The van der Waals surface area contributed by atoms with Crippen molar-refractivity contribution < 1.29 is 23.0 Å². The zero-order valence-electron chi connectivity index (χ0n) is 27.1. The molecule has 7 rings (SSSR count). The van der Waals surface area contributed by atoms with Crippen LogP contribution in [-0.2, 0) is 6.54 Å². The summed E-state index contributed by atoms with van der Waals surface area (Å²) in [5, 5.41) is 31.4. The van der Waals surface area contributed by atoms with E-state index < -0.39 is 12.0 Å². The minimum atomic E-state index is -4.77. The maximum absolute atomic E-state index is 12.9.